The fraction of sp³-hybridized carbons (Fsp3) is 0.500. The third kappa shape index (κ3) is 2.02. The summed E-state index contributed by atoms with van der Waals surface area (Å²) < 4.78 is 2.35. The molecule has 3 nitrogen and oxygen atoms in total. The first kappa shape index (κ1) is 12.0. The van der Waals surface area contributed by atoms with Crippen LogP contribution in [0.5, 0.6) is 0 Å². The van der Waals surface area contributed by atoms with Gasteiger partial charge in [0.25, 0.3) is 0 Å². The Hall–Kier alpha value is -1.51. The molecule has 2 aromatic rings. The molecule has 1 atom stereocenters. The van der Waals surface area contributed by atoms with Crippen molar-refractivity contribution >= 4 is 16.7 Å². The fourth-order valence-corrected chi connectivity index (χ4v) is 2.19. The molecule has 0 saturated heterocycles. The van der Waals surface area contributed by atoms with Crippen molar-refractivity contribution in [2.24, 2.45) is 0 Å². The molecule has 1 unspecified atom stereocenters. The largest absolute Gasteiger partial charge is 0.399 e. The van der Waals surface area contributed by atoms with E-state index in [1.807, 2.05) is 12.1 Å². The number of nitrogens with two attached hydrogens (primary N) is 1. The van der Waals surface area contributed by atoms with Gasteiger partial charge >= 0.3 is 0 Å². The first-order valence-corrected chi connectivity index (χ1v) is 6.32. The Kier molecular flexibility index (Phi) is 3.09. The van der Waals surface area contributed by atoms with E-state index in [9.17, 15) is 0 Å². The molecule has 1 aromatic heterocycles. The monoisotopic (exact) mass is 231 g/mol. The predicted molar refractivity (Wildman–Crippen MR) is 73.2 cm³/mol. The maximum absolute atomic E-state index is 5.82. The van der Waals surface area contributed by atoms with Crippen molar-refractivity contribution in [2.75, 3.05) is 5.73 Å². The molecule has 0 saturated carbocycles. The number of fused-ring (bicyclic) bond motifs is 1. The molecule has 0 fully saturated rings. The number of hydrogen-bond donors (Lipinski definition) is 1. The minimum atomic E-state index is 0.428. The summed E-state index contributed by atoms with van der Waals surface area (Å²) in [5, 5.41) is 0. The van der Waals surface area contributed by atoms with Crippen molar-refractivity contribution in [3.05, 3.63) is 24.0 Å². The number of hydrogen-bond acceptors (Lipinski definition) is 2. The molecule has 0 spiro atoms. The Labute approximate surface area is 103 Å². The molecule has 0 radical (unpaired) electrons. The quantitative estimate of drug-likeness (QED) is 0.818. The zero-order chi connectivity index (χ0) is 12.6. The third-order valence-electron chi connectivity index (χ3n) is 3.29. The first-order chi connectivity index (χ1) is 8.04. The summed E-state index contributed by atoms with van der Waals surface area (Å²) in [5.74, 6) is 1.58. The van der Waals surface area contributed by atoms with Crippen LogP contribution in [0.15, 0.2) is 18.2 Å². The summed E-state index contributed by atoms with van der Waals surface area (Å²) >= 11 is 0. The lowest BCUT2D eigenvalue weighted by atomic mass is 10.1. The molecule has 0 amide bonds. The summed E-state index contributed by atoms with van der Waals surface area (Å²) in [6.45, 7) is 8.81. The predicted octanol–water partition coefficient (Wildman–Crippen LogP) is 3.71. The van der Waals surface area contributed by atoms with Gasteiger partial charge < -0.3 is 10.3 Å². The lowest BCUT2D eigenvalue weighted by Gasteiger charge is -2.17. The highest BCUT2D eigenvalue weighted by Crippen LogP contribution is 2.28. The van der Waals surface area contributed by atoms with Gasteiger partial charge in [0.2, 0.25) is 0 Å². The zero-order valence-corrected chi connectivity index (χ0v) is 11.1. The lowest BCUT2D eigenvalue weighted by Crippen LogP contribution is -2.09. The van der Waals surface area contributed by atoms with Gasteiger partial charge in [0.1, 0.15) is 5.82 Å². The van der Waals surface area contributed by atoms with E-state index in [-0.39, 0.29) is 0 Å². The van der Waals surface area contributed by atoms with Gasteiger partial charge in [0, 0.05) is 17.6 Å². The summed E-state index contributed by atoms with van der Waals surface area (Å²) in [6, 6.07) is 6.46. The number of nitrogen functional groups attached to an aromatic ring is 1. The normalized spacial score (nSPS) is 13.5. The molecule has 92 valence electrons. The van der Waals surface area contributed by atoms with Gasteiger partial charge in [-0.2, -0.15) is 0 Å². The van der Waals surface area contributed by atoms with E-state index >= 15 is 0 Å². The lowest BCUT2D eigenvalue weighted by molar-refractivity contribution is 0.510. The molecule has 1 aromatic carbocycles. The van der Waals surface area contributed by atoms with Crippen molar-refractivity contribution in [3.63, 3.8) is 0 Å². The molecular formula is C14H21N3. The highest BCUT2D eigenvalue weighted by Gasteiger charge is 2.16. The Morgan fingerprint density at radius 1 is 1.29 bits per heavy atom. The van der Waals surface area contributed by atoms with Crippen LogP contribution in [-0.4, -0.2) is 9.55 Å². The number of benzene rings is 1. The van der Waals surface area contributed by atoms with E-state index in [2.05, 4.69) is 38.3 Å². The van der Waals surface area contributed by atoms with Crippen LogP contribution in [0.25, 0.3) is 11.0 Å². The van der Waals surface area contributed by atoms with Crippen LogP contribution >= 0.6 is 0 Å². The minimum absolute atomic E-state index is 0.428. The maximum Gasteiger partial charge on any atom is 0.112 e. The molecular weight excluding hydrogens is 210 g/mol. The molecule has 0 bridgehead atoms. The average Bonchev–Trinajstić information content (AvgIpc) is 2.66. The summed E-state index contributed by atoms with van der Waals surface area (Å²) in [6.07, 6.45) is 1.11. The van der Waals surface area contributed by atoms with E-state index in [4.69, 9.17) is 10.7 Å². The number of aromatic nitrogens is 2. The van der Waals surface area contributed by atoms with Crippen molar-refractivity contribution in [2.45, 2.75) is 46.1 Å². The zero-order valence-electron chi connectivity index (χ0n) is 11.1. The second kappa shape index (κ2) is 4.40. The second-order valence-electron chi connectivity index (χ2n) is 5.00. The van der Waals surface area contributed by atoms with Crippen LogP contribution in [0, 0.1) is 0 Å². The minimum Gasteiger partial charge on any atom is -0.399 e. The fourth-order valence-electron chi connectivity index (χ4n) is 2.19. The van der Waals surface area contributed by atoms with Crippen LogP contribution in [0.3, 0.4) is 0 Å². The highest BCUT2D eigenvalue weighted by atomic mass is 15.1. The molecule has 3 heteroatoms. The van der Waals surface area contributed by atoms with Gasteiger partial charge in [-0.3, -0.25) is 0 Å². The van der Waals surface area contributed by atoms with Gasteiger partial charge in [0.05, 0.1) is 11.0 Å². The second-order valence-corrected chi connectivity index (χ2v) is 5.00. The third-order valence-corrected chi connectivity index (χ3v) is 3.29. The maximum atomic E-state index is 5.82. The Morgan fingerprint density at radius 3 is 2.59 bits per heavy atom. The number of imidazole rings is 1. The van der Waals surface area contributed by atoms with Gasteiger partial charge in [0.15, 0.2) is 0 Å². The van der Waals surface area contributed by atoms with E-state index in [0.29, 0.717) is 12.0 Å². The first-order valence-electron chi connectivity index (χ1n) is 6.32. The van der Waals surface area contributed by atoms with E-state index in [1.165, 1.54) is 5.52 Å². The summed E-state index contributed by atoms with van der Waals surface area (Å²) in [7, 11) is 0. The highest BCUT2D eigenvalue weighted by molar-refractivity contribution is 5.80. The number of nitrogens with zero attached hydrogens (tertiary/aromatic N) is 2. The average molecular weight is 231 g/mol. The standard InChI is InChI=1S/C14H21N3/c1-5-10(4)17-13-7-6-11(15)8-12(13)16-14(17)9(2)3/h6-10H,5,15H2,1-4H3. The van der Waals surface area contributed by atoms with Gasteiger partial charge in [-0.25, -0.2) is 4.98 Å². The van der Waals surface area contributed by atoms with Crippen molar-refractivity contribution < 1.29 is 0 Å². The van der Waals surface area contributed by atoms with Gasteiger partial charge in [-0.05, 0) is 31.5 Å². The topological polar surface area (TPSA) is 43.8 Å². The van der Waals surface area contributed by atoms with Crippen LogP contribution in [0.4, 0.5) is 5.69 Å². The van der Waals surface area contributed by atoms with Gasteiger partial charge in [-0.1, -0.05) is 20.8 Å². The molecule has 2 rings (SSSR count). The molecule has 17 heavy (non-hydrogen) atoms. The smallest absolute Gasteiger partial charge is 0.112 e. The van der Waals surface area contributed by atoms with Crippen LogP contribution < -0.4 is 5.73 Å². The molecule has 0 aliphatic heterocycles. The van der Waals surface area contributed by atoms with E-state index < -0.39 is 0 Å². The summed E-state index contributed by atoms with van der Waals surface area (Å²) in [5.41, 5.74) is 8.80. The van der Waals surface area contributed by atoms with Crippen LogP contribution in [0.2, 0.25) is 0 Å². The SMILES string of the molecule is CCC(C)n1c(C(C)C)nc2cc(N)ccc21. The van der Waals surface area contributed by atoms with Crippen LogP contribution in [0.1, 0.15) is 51.9 Å². The van der Waals surface area contributed by atoms with E-state index in [0.717, 1.165) is 23.4 Å². The summed E-state index contributed by atoms with van der Waals surface area (Å²) in [4.78, 5) is 4.72. The molecule has 1 heterocycles. The van der Waals surface area contributed by atoms with Crippen molar-refractivity contribution in [3.8, 4) is 0 Å². The van der Waals surface area contributed by atoms with Gasteiger partial charge in [-0.15, -0.1) is 0 Å². The Bertz CT molecular complexity index is 525. The molecule has 2 N–H and O–H groups in total. The number of rotatable bonds is 3. The van der Waals surface area contributed by atoms with Crippen molar-refractivity contribution in [1.82, 2.24) is 9.55 Å². The molecule has 0 aliphatic carbocycles. The van der Waals surface area contributed by atoms with E-state index in [1.54, 1.807) is 0 Å². The Balaban J connectivity index is 2.71. The molecule has 0 aliphatic rings. The van der Waals surface area contributed by atoms with Crippen molar-refractivity contribution in [1.29, 1.82) is 0 Å². The number of anilines is 1. The Morgan fingerprint density at radius 2 is 2.00 bits per heavy atom. The van der Waals surface area contributed by atoms with Crippen LogP contribution in [-0.2, 0) is 0 Å².